The number of rotatable bonds is 3. The highest BCUT2D eigenvalue weighted by Crippen LogP contribution is 2.09. The number of alkyl halides is 2. The molecule has 0 aromatic carbocycles. The van der Waals surface area contributed by atoms with E-state index >= 15 is 0 Å². The molecule has 0 aromatic rings. The molecule has 0 aliphatic rings. The number of halogens is 2. The molecule has 0 heterocycles. The third-order valence-corrected chi connectivity index (χ3v) is 3.60. The first-order valence-corrected chi connectivity index (χ1v) is 4.69. The SMILES string of the molecule is C=CS(=O)(=O)C(Cl)CCl. The molecular formula is C4H6Cl2O2S. The lowest BCUT2D eigenvalue weighted by atomic mass is 10.9. The van der Waals surface area contributed by atoms with Crippen molar-refractivity contribution in [1.82, 2.24) is 0 Å². The second-order valence-electron chi connectivity index (χ2n) is 1.32. The molecule has 0 aliphatic heterocycles. The van der Waals surface area contributed by atoms with Gasteiger partial charge in [0.15, 0.2) is 14.5 Å². The van der Waals surface area contributed by atoms with Gasteiger partial charge in [-0.1, -0.05) is 6.58 Å². The van der Waals surface area contributed by atoms with Crippen molar-refractivity contribution in [3.05, 3.63) is 12.0 Å². The maximum Gasteiger partial charge on any atom is 0.188 e. The van der Waals surface area contributed by atoms with Crippen LogP contribution in [0.2, 0.25) is 0 Å². The van der Waals surface area contributed by atoms with E-state index in [1.807, 2.05) is 0 Å². The van der Waals surface area contributed by atoms with Crippen molar-refractivity contribution in [3.8, 4) is 0 Å². The molecule has 0 aliphatic carbocycles. The Morgan fingerprint density at radius 2 is 2.11 bits per heavy atom. The monoisotopic (exact) mass is 188 g/mol. The highest BCUT2D eigenvalue weighted by molar-refractivity contribution is 7.96. The summed E-state index contributed by atoms with van der Waals surface area (Å²) in [5.41, 5.74) is 0. The minimum Gasteiger partial charge on any atom is -0.223 e. The van der Waals surface area contributed by atoms with Crippen LogP contribution in [0.15, 0.2) is 12.0 Å². The van der Waals surface area contributed by atoms with Crippen molar-refractivity contribution in [2.75, 3.05) is 5.88 Å². The molecule has 0 rings (SSSR count). The number of hydrogen-bond donors (Lipinski definition) is 0. The third kappa shape index (κ3) is 2.56. The van der Waals surface area contributed by atoms with Gasteiger partial charge in [-0.2, -0.15) is 0 Å². The summed E-state index contributed by atoms with van der Waals surface area (Å²) in [7, 11) is -3.35. The fourth-order valence-electron chi connectivity index (χ4n) is 0.192. The Hall–Kier alpha value is 0.270. The molecule has 54 valence electrons. The second kappa shape index (κ2) is 3.44. The van der Waals surface area contributed by atoms with Crippen LogP contribution in [0.1, 0.15) is 0 Å². The molecule has 2 nitrogen and oxygen atoms in total. The first-order chi connectivity index (χ1) is 4.04. The molecule has 0 bridgehead atoms. The zero-order valence-electron chi connectivity index (χ0n) is 4.55. The summed E-state index contributed by atoms with van der Waals surface area (Å²) in [5, 5.41) is 0.799. The molecule has 0 radical (unpaired) electrons. The Morgan fingerprint density at radius 3 is 2.22 bits per heavy atom. The van der Waals surface area contributed by atoms with Gasteiger partial charge in [0.05, 0.1) is 5.88 Å². The first kappa shape index (κ1) is 9.27. The first-order valence-electron chi connectivity index (χ1n) is 2.11. The Balaban J connectivity index is 4.35. The fourth-order valence-corrected chi connectivity index (χ4v) is 1.32. The minimum atomic E-state index is -3.35. The predicted molar refractivity (Wildman–Crippen MR) is 39.5 cm³/mol. The summed E-state index contributed by atoms with van der Waals surface area (Å²) < 4.78 is 20.1. The van der Waals surface area contributed by atoms with E-state index in [-0.39, 0.29) is 5.88 Å². The molecule has 1 unspecified atom stereocenters. The summed E-state index contributed by atoms with van der Waals surface area (Å²) in [6, 6.07) is 0. The quantitative estimate of drug-likeness (QED) is 0.628. The maximum absolute atomic E-state index is 10.6. The summed E-state index contributed by atoms with van der Waals surface area (Å²) in [5.74, 6) is -0.115. The van der Waals surface area contributed by atoms with Gasteiger partial charge in [0.2, 0.25) is 0 Å². The zero-order valence-corrected chi connectivity index (χ0v) is 6.88. The van der Waals surface area contributed by atoms with Crippen LogP contribution in [0.5, 0.6) is 0 Å². The summed E-state index contributed by atoms with van der Waals surface area (Å²) >= 11 is 10.4. The third-order valence-electron chi connectivity index (χ3n) is 0.710. The molecule has 0 spiro atoms. The van der Waals surface area contributed by atoms with Gasteiger partial charge in [-0.15, -0.1) is 23.2 Å². The minimum absolute atomic E-state index is 0.115. The molecule has 0 N–H and O–H groups in total. The van der Waals surface area contributed by atoms with Crippen molar-refractivity contribution in [3.63, 3.8) is 0 Å². The second-order valence-corrected chi connectivity index (χ2v) is 4.49. The van der Waals surface area contributed by atoms with Gasteiger partial charge in [0.1, 0.15) is 0 Å². The highest BCUT2D eigenvalue weighted by Gasteiger charge is 2.17. The molecule has 0 saturated carbocycles. The van der Waals surface area contributed by atoms with Gasteiger partial charge >= 0.3 is 0 Å². The average Bonchev–Trinajstić information content (AvgIpc) is 1.86. The predicted octanol–water partition coefficient (Wildman–Crippen LogP) is 1.35. The zero-order chi connectivity index (χ0) is 7.49. The van der Waals surface area contributed by atoms with E-state index in [9.17, 15) is 8.42 Å². The van der Waals surface area contributed by atoms with E-state index in [1.54, 1.807) is 0 Å². The molecule has 1 atom stereocenters. The molecule has 0 aromatic heterocycles. The van der Waals surface area contributed by atoms with Crippen LogP contribution in [-0.4, -0.2) is 19.0 Å². The highest BCUT2D eigenvalue weighted by atomic mass is 35.5. The molecular weight excluding hydrogens is 183 g/mol. The molecule has 0 saturated heterocycles. The van der Waals surface area contributed by atoms with Crippen LogP contribution in [0, 0.1) is 0 Å². The van der Waals surface area contributed by atoms with Gasteiger partial charge in [-0.25, -0.2) is 8.42 Å². The average molecular weight is 189 g/mol. The standard InChI is InChI=1S/C4H6Cl2O2S/c1-2-9(7,8)4(6)3-5/h2,4H,1,3H2. The van der Waals surface area contributed by atoms with E-state index in [4.69, 9.17) is 23.2 Å². The van der Waals surface area contributed by atoms with Gasteiger partial charge < -0.3 is 0 Å². The van der Waals surface area contributed by atoms with Crippen molar-refractivity contribution in [2.45, 2.75) is 4.71 Å². The Morgan fingerprint density at radius 1 is 1.67 bits per heavy atom. The Labute approximate surface area is 64.4 Å². The van der Waals surface area contributed by atoms with Crippen LogP contribution < -0.4 is 0 Å². The van der Waals surface area contributed by atoms with Crippen LogP contribution in [-0.2, 0) is 9.84 Å². The van der Waals surface area contributed by atoms with Crippen molar-refractivity contribution < 1.29 is 8.42 Å². The Kier molecular flexibility index (Phi) is 3.54. The van der Waals surface area contributed by atoms with Gasteiger partial charge in [-0.3, -0.25) is 0 Å². The van der Waals surface area contributed by atoms with Gasteiger partial charge in [-0.05, 0) is 0 Å². The van der Waals surface area contributed by atoms with Gasteiger partial charge in [0, 0.05) is 5.41 Å². The lowest BCUT2D eigenvalue weighted by Gasteiger charge is -1.99. The molecule has 5 heteroatoms. The topological polar surface area (TPSA) is 34.1 Å². The van der Waals surface area contributed by atoms with Gasteiger partial charge in [0.25, 0.3) is 0 Å². The normalized spacial score (nSPS) is 14.9. The van der Waals surface area contributed by atoms with Crippen molar-refractivity contribution in [2.24, 2.45) is 0 Å². The number of hydrogen-bond acceptors (Lipinski definition) is 2. The van der Waals surface area contributed by atoms with E-state index in [0.29, 0.717) is 0 Å². The molecule has 9 heavy (non-hydrogen) atoms. The lowest BCUT2D eigenvalue weighted by molar-refractivity contribution is 0.603. The van der Waals surface area contributed by atoms with Crippen LogP contribution >= 0.6 is 23.2 Å². The van der Waals surface area contributed by atoms with Crippen LogP contribution in [0.3, 0.4) is 0 Å². The smallest absolute Gasteiger partial charge is 0.188 e. The lowest BCUT2D eigenvalue weighted by Crippen LogP contribution is -2.12. The Bertz CT molecular complexity index is 185. The summed E-state index contributed by atoms with van der Waals surface area (Å²) in [6.45, 7) is 3.07. The number of sulfone groups is 1. The maximum atomic E-state index is 10.6. The fraction of sp³-hybridized carbons (Fsp3) is 0.500. The van der Waals surface area contributed by atoms with E-state index in [1.165, 1.54) is 0 Å². The molecule has 0 amide bonds. The van der Waals surface area contributed by atoms with E-state index < -0.39 is 14.5 Å². The van der Waals surface area contributed by atoms with Crippen molar-refractivity contribution >= 4 is 33.0 Å². The van der Waals surface area contributed by atoms with Crippen LogP contribution in [0.25, 0.3) is 0 Å². The van der Waals surface area contributed by atoms with Crippen LogP contribution in [0.4, 0.5) is 0 Å². The summed E-state index contributed by atoms with van der Waals surface area (Å²) in [6.07, 6.45) is 0. The molecule has 0 fully saturated rings. The summed E-state index contributed by atoms with van der Waals surface area (Å²) in [4.78, 5) is 0. The van der Waals surface area contributed by atoms with Crippen molar-refractivity contribution in [1.29, 1.82) is 0 Å². The van der Waals surface area contributed by atoms with E-state index in [0.717, 1.165) is 5.41 Å². The largest absolute Gasteiger partial charge is 0.223 e. The van der Waals surface area contributed by atoms with E-state index in [2.05, 4.69) is 6.58 Å².